The van der Waals surface area contributed by atoms with E-state index in [0.29, 0.717) is 28.5 Å². The van der Waals surface area contributed by atoms with Crippen molar-refractivity contribution in [2.24, 2.45) is 0 Å². The summed E-state index contributed by atoms with van der Waals surface area (Å²) in [5, 5.41) is 3.13. The Morgan fingerprint density at radius 3 is 2.62 bits per heavy atom. The van der Waals surface area contributed by atoms with Gasteiger partial charge in [-0.15, -0.1) is 17.9 Å². The molecule has 5 nitrogen and oxygen atoms in total. The molecule has 1 amide bonds. The van der Waals surface area contributed by atoms with Crippen LogP contribution in [0.2, 0.25) is 0 Å². The summed E-state index contributed by atoms with van der Waals surface area (Å²) in [7, 11) is 0. The van der Waals surface area contributed by atoms with Gasteiger partial charge in [-0.25, -0.2) is 4.98 Å². The second-order valence-corrected chi connectivity index (χ2v) is 9.86. The maximum absolute atomic E-state index is 13.5. The third kappa shape index (κ3) is 4.86. The smallest absolute Gasteiger partial charge is 0.263 e. The molecule has 0 aliphatic heterocycles. The molecule has 0 N–H and O–H groups in total. The lowest BCUT2D eigenvalue weighted by molar-refractivity contribution is -0.116. The lowest BCUT2D eigenvalue weighted by Crippen LogP contribution is -2.32. The number of thioether (sulfide) groups is 1. The molecule has 0 unspecified atom stereocenters. The summed E-state index contributed by atoms with van der Waals surface area (Å²) in [5.41, 5.74) is 4.92. The zero-order valence-electron chi connectivity index (χ0n) is 19.6. The van der Waals surface area contributed by atoms with Gasteiger partial charge < -0.3 is 4.90 Å². The number of carbonyl (C=O) groups is 1. The minimum atomic E-state index is -0.109. The number of fused-ring (bicyclic) bond motifs is 1. The molecule has 0 saturated heterocycles. The van der Waals surface area contributed by atoms with Gasteiger partial charge in [-0.1, -0.05) is 59.8 Å². The number of anilines is 1. The van der Waals surface area contributed by atoms with Gasteiger partial charge in [0.2, 0.25) is 5.91 Å². The maximum atomic E-state index is 13.5. The SMILES string of the molecule is C=CCn1c(SCC(=O)N(CC)c2cccc(C)c2)nc2scc(-c3ccc(C)cc3)c2c1=O. The zero-order chi connectivity index (χ0) is 24.2. The van der Waals surface area contributed by atoms with E-state index in [9.17, 15) is 9.59 Å². The third-order valence-corrected chi connectivity index (χ3v) is 7.42. The van der Waals surface area contributed by atoms with Crippen LogP contribution in [0.3, 0.4) is 0 Å². The number of aromatic nitrogens is 2. The predicted octanol–water partition coefficient (Wildman–Crippen LogP) is 6.07. The predicted molar refractivity (Wildman–Crippen MR) is 144 cm³/mol. The van der Waals surface area contributed by atoms with Crippen molar-refractivity contribution in [3.8, 4) is 11.1 Å². The molecular formula is C27H27N3O2S2. The van der Waals surface area contributed by atoms with Gasteiger partial charge in [0, 0.05) is 29.7 Å². The molecule has 2 aromatic carbocycles. The molecule has 7 heteroatoms. The van der Waals surface area contributed by atoms with E-state index < -0.39 is 0 Å². The first-order valence-electron chi connectivity index (χ1n) is 11.1. The number of amides is 1. The van der Waals surface area contributed by atoms with Crippen molar-refractivity contribution in [1.29, 1.82) is 0 Å². The van der Waals surface area contributed by atoms with Crippen LogP contribution in [0.5, 0.6) is 0 Å². The second-order valence-electron chi connectivity index (χ2n) is 8.06. The number of allylic oxidation sites excluding steroid dienone is 1. The normalized spacial score (nSPS) is 11.0. The molecule has 0 aliphatic carbocycles. The van der Waals surface area contributed by atoms with Gasteiger partial charge in [-0.05, 0) is 44.0 Å². The molecule has 0 radical (unpaired) electrons. The van der Waals surface area contributed by atoms with E-state index in [1.807, 2.05) is 74.7 Å². The molecule has 34 heavy (non-hydrogen) atoms. The van der Waals surface area contributed by atoms with Crippen molar-refractivity contribution < 1.29 is 4.79 Å². The van der Waals surface area contributed by atoms with Crippen LogP contribution in [-0.2, 0) is 11.3 Å². The number of carbonyl (C=O) groups excluding carboxylic acids is 1. The molecular weight excluding hydrogens is 462 g/mol. The number of hydrogen-bond acceptors (Lipinski definition) is 5. The fourth-order valence-electron chi connectivity index (χ4n) is 3.85. The molecule has 2 heterocycles. The van der Waals surface area contributed by atoms with Crippen LogP contribution >= 0.6 is 23.1 Å². The summed E-state index contributed by atoms with van der Waals surface area (Å²) in [6, 6.07) is 16.0. The Morgan fingerprint density at radius 1 is 1.18 bits per heavy atom. The van der Waals surface area contributed by atoms with Gasteiger partial charge in [-0.3, -0.25) is 14.2 Å². The lowest BCUT2D eigenvalue weighted by Gasteiger charge is -2.21. The highest BCUT2D eigenvalue weighted by Crippen LogP contribution is 2.32. The Bertz CT molecular complexity index is 1400. The van der Waals surface area contributed by atoms with Crippen LogP contribution < -0.4 is 10.5 Å². The quantitative estimate of drug-likeness (QED) is 0.171. The van der Waals surface area contributed by atoms with E-state index >= 15 is 0 Å². The Labute approximate surface area is 207 Å². The van der Waals surface area contributed by atoms with Gasteiger partial charge in [0.15, 0.2) is 5.16 Å². The van der Waals surface area contributed by atoms with Crippen molar-refractivity contribution in [3.63, 3.8) is 0 Å². The summed E-state index contributed by atoms with van der Waals surface area (Å²) >= 11 is 2.75. The lowest BCUT2D eigenvalue weighted by atomic mass is 10.1. The average Bonchev–Trinajstić information content (AvgIpc) is 3.25. The van der Waals surface area contributed by atoms with Crippen LogP contribution in [0.15, 0.2) is 76.5 Å². The van der Waals surface area contributed by atoms with E-state index in [4.69, 9.17) is 4.98 Å². The van der Waals surface area contributed by atoms with Crippen LogP contribution in [-0.4, -0.2) is 27.8 Å². The monoisotopic (exact) mass is 489 g/mol. The maximum Gasteiger partial charge on any atom is 0.263 e. The first-order valence-corrected chi connectivity index (χ1v) is 13.0. The average molecular weight is 490 g/mol. The molecule has 4 aromatic rings. The van der Waals surface area contributed by atoms with Crippen molar-refractivity contribution in [3.05, 3.63) is 88.0 Å². The van der Waals surface area contributed by atoms with E-state index in [-0.39, 0.29) is 17.2 Å². The Kier molecular flexibility index (Phi) is 7.34. The summed E-state index contributed by atoms with van der Waals surface area (Å²) in [6.45, 7) is 10.7. The van der Waals surface area contributed by atoms with Crippen LogP contribution in [0, 0.1) is 13.8 Å². The standard InChI is InChI=1S/C27H27N3O2S2/c1-5-14-30-26(32)24-22(20-12-10-18(3)11-13-20)16-33-25(24)28-27(30)34-17-23(31)29(6-2)21-9-7-8-19(4)15-21/h5,7-13,15-16H,1,6,14,17H2,2-4H3. The van der Waals surface area contributed by atoms with Crippen LogP contribution in [0.25, 0.3) is 21.3 Å². The van der Waals surface area contributed by atoms with Gasteiger partial charge in [0.1, 0.15) is 4.83 Å². The van der Waals surface area contributed by atoms with Crippen molar-refractivity contribution in [2.45, 2.75) is 32.5 Å². The van der Waals surface area contributed by atoms with Crippen LogP contribution in [0.4, 0.5) is 5.69 Å². The van der Waals surface area contributed by atoms with Gasteiger partial charge in [0.25, 0.3) is 5.56 Å². The molecule has 0 bridgehead atoms. The minimum Gasteiger partial charge on any atom is -0.312 e. The molecule has 0 fully saturated rings. The molecule has 4 rings (SSSR count). The first kappa shape index (κ1) is 24.0. The van der Waals surface area contributed by atoms with Gasteiger partial charge in [-0.2, -0.15) is 0 Å². The number of thiophene rings is 1. The van der Waals surface area contributed by atoms with E-state index in [1.54, 1.807) is 15.5 Å². The minimum absolute atomic E-state index is 0.0240. The Morgan fingerprint density at radius 2 is 1.94 bits per heavy atom. The van der Waals surface area contributed by atoms with E-state index in [0.717, 1.165) is 22.4 Å². The van der Waals surface area contributed by atoms with Crippen LogP contribution in [0.1, 0.15) is 18.1 Å². The highest BCUT2D eigenvalue weighted by Gasteiger charge is 2.20. The molecule has 0 saturated carbocycles. The number of benzene rings is 2. The summed E-state index contributed by atoms with van der Waals surface area (Å²) in [6.07, 6.45) is 1.68. The molecule has 2 aromatic heterocycles. The van der Waals surface area contributed by atoms with E-state index in [1.165, 1.54) is 28.7 Å². The van der Waals surface area contributed by atoms with Gasteiger partial charge in [0.05, 0.1) is 11.1 Å². The highest BCUT2D eigenvalue weighted by molar-refractivity contribution is 7.99. The molecule has 0 atom stereocenters. The number of hydrogen-bond donors (Lipinski definition) is 0. The van der Waals surface area contributed by atoms with Crippen molar-refractivity contribution in [2.75, 3.05) is 17.2 Å². The Balaban J connectivity index is 1.66. The summed E-state index contributed by atoms with van der Waals surface area (Å²) < 4.78 is 1.61. The third-order valence-electron chi connectivity index (χ3n) is 5.59. The first-order chi connectivity index (χ1) is 16.4. The molecule has 0 aliphatic rings. The fraction of sp³-hybridized carbons (Fsp3) is 0.222. The number of rotatable bonds is 8. The fourth-order valence-corrected chi connectivity index (χ4v) is 5.73. The zero-order valence-corrected chi connectivity index (χ0v) is 21.2. The summed E-state index contributed by atoms with van der Waals surface area (Å²) in [5.74, 6) is 0.164. The highest BCUT2D eigenvalue weighted by atomic mass is 32.2. The number of aryl methyl sites for hydroxylation is 2. The van der Waals surface area contributed by atoms with Crippen molar-refractivity contribution in [1.82, 2.24) is 9.55 Å². The topological polar surface area (TPSA) is 55.2 Å². The molecule has 174 valence electrons. The van der Waals surface area contributed by atoms with E-state index in [2.05, 4.69) is 6.58 Å². The largest absolute Gasteiger partial charge is 0.312 e. The number of nitrogens with zero attached hydrogens (tertiary/aromatic N) is 3. The second kappa shape index (κ2) is 10.4. The van der Waals surface area contributed by atoms with Crippen molar-refractivity contribution >= 4 is 44.9 Å². The molecule has 0 spiro atoms. The van der Waals surface area contributed by atoms with Gasteiger partial charge >= 0.3 is 0 Å². The summed E-state index contributed by atoms with van der Waals surface area (Å²) in [4.78, 5) is 33.8. The Hall–Kier alpha value is -3.16.